The molecular weight excluding hydrogens is 298 g/mol. The lowest BCUT2D eigenvalue weighted by Gasteiger charge is -2.21. The normalized spacial score (nSPS) is 23.3. The van der Waals surface area contributed by atoms with Gasteiger partial charge in [-0.05, 0) is 37.5 Å². The molecule has 1 aromatic rings. The molecule has 122 valence electrons. The zero-order valence-electron chi connectivity index (χ0n) is 13.6. The predicted molar refractivity (Wildman–Crippen MR) is 89.3 cm³/mol. The highest BCUT2D eigenvalue weighted by molar-refractivity contribution is 7.85. The lowest BCUT2D eigenvalue weighted by atomic mass is 10.1. The Morgan fingerprint density at radius 3 is 2.68 bits per heavy atom. The third-order valence-electron chi connectivity index (χ3n) is 3.61. The molecule has 4 nitrogen and oxygen atoms in total. The van der Waals surface area contributed by atoms with Crippen LogP contribution in [0.5, 0.6) is 0 Å². The molecule has 1 heterocycles. The minimum absolute atomic E-state index is 0.105. The summed E-state index contributed by atoms with van der Waals surface area (Å²) in [5.41, 5.74) is 1.75. The number of hydrogen-bond donors (Lipinski definition) is 0. The Balaban J connectivity index is 1.96. The van der Waals surface area contributed by atoms with Crippen LogP contribution in [0.3, 0.4) is 0 Å². The Labute approximate surface area is 135 Å². The first-order valence-corrected chi connectivity index (χ1v) is 9.30. The summed E-state index contributed by atoms with van der Waals surface area (Å²) in [6, 6.07) is 7.59. The van der Waals surface area contributed by atoms with E-state index in [2.05, 4.69) is 11.8 Å². The third kappa shape index (κ3) is 5.21. The van der Waals surface area contributed by atoms with Gasteiger partial charge in [0.2, 0.25) is 0 Å². The van der Waals surface area contributed by atoms with Crippen molar-refractivity contribution in [1.82, 2.24) is 4.90 Å². The van der Waals surface area contributed by atoms with E-state index in [9.17, 15) is 9.00 Å². The molecule has 22 heavy (non-hydrogen) atoms. The van der Waals surface area contributed by atoms with Crippen molar-refractivity contribution < 1.29 is 13.7 Å². The molecular formula is C17H25NO3S. The molecule has 1 aromatic carbocycles. The average molecular weight is 323 g/mol. The number of ether oxygens (including phenoxy) is 1. The second kappa shape index (κ2) is 7.88. The van der Waals surface area contributed by atoms with Crippen molar-refractivity contribution >= 4 is 16.8 Å². The monoisotopic (exact) mass is 323 g/mol. The van der Waals surface area contributed by atoms with Crippen LogP contribution in [0.2, 0.25) is 0 Å². The standard InChI is InChI=1S/C17H25NO3S/c1-13(2)21-17(19)16-6-4-15(5-7-16)11-18-8-9-22(20)12-14(3)10-18/h4-7,13-14H,8-12H2,1-3H3/t14-,22-/m1/s1. The van der Waals surface area contributed by atoms with Gasteiger partial charge in [0.15, 0.2) is 0 Å². The molecule has 0 aliphatic carbocycles. The fourth-order valence-corrected chi connectivity index (χ4v) is 4.02. The van der Waals surface area contributed by atoms with Crippen molar-refractivity contribution in [1.29, 1.82) is 0 Å². The SMILES string of the molecule is CC(C)OC(=O)c1ccc(CN2CC[S@@](=O)C[C@H](C)C2)cc1. The number of carbonyl (C=O) groups excluding carboxylic acids is 1. The zero-order valence-corrected chi connectivity index (χ0v) is 14.4. The maximum atomic E-state index is 11.8. The van der Waals surface area contributed by atoms with E-state index in [0.717, 1.165) is 31.1 Å². The van der Waals surface area contributed by atoms with Crippen LogP contribution in [0.15, 0.2) is 24.3 Å². The van der Waals surface area contributed by atoms with E-state index in [1.807, 2.05) is 38.1 Å². The zero-order chi connectivity index (χ0) is 16.1. The third-order valence-corrected chi connectivity index (χ3v) is 5.19. The molecule has 5 heteroatoms. The summed E-state index contributed by atoms with van der Waals surface area (Å²) < 4.78 is 16.9. The van der Waals surface area contributed by atoms with Crippen LogP contribution in [-0.4, -0.2) is 45.8 Å². The van der Waals surface area contributed by atoms with E-state index < -0.39 is 10.8 Å². The number of nitrogens with zero attached hydrogens (tertiary/aromatic N) is 1. The van der Waals surface area contributed by atoms with Crippen LogP contribution in [0, 0.1) is 5.92 Å². The van der Waals surface area contributed by atoms with Gasteiger partial charge in [0.1, 0.15) is 0 Å². The molecule has 0 unspecified atom stereocenters. The van der Waals surface area contributed by atoms with Crippen molar-refractivity contribution in [2.45, 2.75) is 33.4 Å². The van der Waals surface area contributed by atoms with Crippen LogP contribution >= 0.6 is 0 Å². The highest BCUT2D eigenvalue weighted by Gasteiger charge is 2.19. The van der Waals surface area contributed by atoms with Gasteiger partial charge >= 0.3 is 5.97 Å². The first-order valence-electron chi connectivity index (χ1n) is 7.81. The molecule has 2 rings (SSSR count). The van der Waals surface area contributed by atoms with Gasteiger partial charge in [-0.25, -0.2) is 4.79 Å². The molecule has 0 amide bonds. The fourth-order valence-electron chi connectivity index (χ4n) is 2.65. The van der Waals surface area contributed by atoms with Crippen molar-refractivity contribution in [3.8, 4) is 0 Å². The number of esters is 1. The highest BCUT2D eigenvalue weighted by atomic mass is 32.2. The first kappa shape index (κ1) is 17.2. The maximum absolute atomic E-state index is 11.8. The molecule has 1 fully saturated rings. The van der Waals surface area contributed by atoms with Crippen molar-refractivity contribution in [3.63, 3.8) is 0 Å². The Morgan fingerprint density at radius 1 is 1.36 bits per heavy atom. The Bertz CT molecular complexity index is 527. The summed E-state index contributed by atoms with van der Waals surface area (Å²) in [4.78, 5) is 14.2. The Kier molecular flexibility index (Phi) is 6.15. The van der Waals surface area contributed by atoms with Crippen molar-refractivity contribution in [3.05, 3.63) is 35.4 Å². The van der Waals surface area contributed by atoms with Gasteiger partial charge in [-0.15, -0.1) is 0 Å². The minimum Gasteiger partial charge on any atom is -0.459 e. The summed E-state index contributed by atoms with van der Waals surface area (Å²) >= 11 is 0. The highest BCUT2D eigenvalue weighted by Crippen LogP contribution is 2.14. The van der Waals surface area contributed by atoms with E-state index >= 15 is 0 Å². The average Bonchev–Trinajstić information content (AvgIpc) is 2.59. The van der Waals surface area contributed by atoms with Gasteiger partial charge in [-0.3, -0.25) is 9.11 Å². The molecule has 0 spiro atoms. The summed E-state index contributed by atoms with van der Waals surface area (Å²) in [5, 5.41) is 0. The van der Waals surface area contributed by atoms with Gasteiger partial charge in [0, 0.05) is 41.9 Å². The summed E-state index contributed by atoms with van der Waals surface area (Å²) in [6.07, 6.45) is -0.105. The molecule has 1 aliphatic rings. The van der Waals surface area contributed by atoms with E-state index in [4.69, 9.17) is 4.74 Å². The molecule has 0 saturated carbocycles. The predicted octanol–water partition coefficient (Wildman–Crippen LogP) is 2.45. The van der Waals surface area contributed by atoms with Crippen molar-refractivity contribution in [2.24, 2.45) is 5.92 Å². The lowest BCUT2D eigenvalue weighted by molar-refractivity contribution is 0.0378. The van der Waals surface area contributed by atoms with E-state index in [-0.39, 0.29) is 12.1 Å². The van der Waals surface area contributed by atoms with Crippen LogP contribution in [0.25, 0.3) is 0 Å². The van der Waals surface area contributed by atoms with Crippen LogP contribution < -0.4 is 0 Å². The van der Waals surface area contributed by atoms with Gasteiger partial charge in [0.25, 0.3) is 0 Å². The number of hydrogen-bond acceptors (Lipinski definition) is 4. The Morgan fingerprint density at radius 2 is 2.05 bits per heavy atom. The summed E-state index contributed by atoms with van der Waals surface area (Å²) in [7, 11) is -0.685. The summed E-state index contributed by atoms with van der Waals surface area (Å²) in [5.74, 6) is 1.74. The molecule has 1 saturated heterocycles. The van der Waals surface area contributed by atoms with Crippen LogP contribution in [0.1, 0.15) is 36.7 Å². The van der Waals surface area contributed by atoms with Gasteiger partial charge < -0.3 is 4.74 Å². The fraction of sp³-hybridized carbons (Fsp3) is 0.588. The molecule has 0 bridgehead atoms. The molecule has 1 aliphatic heterocycles. The minimum atomic E-state index is -0.685. The number of benzene rings is 1. The smallest absolute Gasteiger partial charge is 0.338 e. The van der Waals surface area contributed by atoms with Crippen molar-refractivity contribution in [2.75, 3.05) is 24.6 Å². The molecule has 2 atom stereocenters. The maximum Gasteiger partial charge on any atom is 0.338 e. The second-order valence-electron chi connectivity index (χ2n) is 6.30. The second-order valence-corrected chi connectivity index (χ2v) is 7.92. The quantitative estimate of drug-likeness (QED) is 0.799. The molecule has 0 radical (unpaired) electrons. The first-order chi connectivity index (χ1) is 10.4. The topological polar surface area (TPSA) is 46.6 Å². The van der Waals surface area contributed by atoms with Gasteiger partial charge in [-0.1, -0.05) is 19.1 Å². The Hall–Kier alpha value is -1.20. The van der Waals surface area contributed by atoms with E-state index in [1.54, 1.807) is 0 Å². The van der Waals surface area contributed by atoms with Crippen LogP contribution in [-0.2, 0) is 22.1 Å². The van der Waals surface area contributed by atoms with Gasteiger partial charge in [0.05, 0.1) is 11.7 Å². The lowest BCUT2D eigenvalue weighted by Crippen LogP contribution is -2.28. The molecule has 0 N–H and O–H groups in total. The van der Waals surface area contributed by atoms with E-state index in [1.165, 1.54) is 5.56 Å². The van der Waals surface area contributed by atoms with E-state index in [0.29, 0.717) is 11.5 Å². The number of carbonyl (C=O) groups is 1. The summed E-state index contributed by atoms with van der Waals surface area (Å²) in [6.45, 7) is 8.52. The van der Waals surface area contributed by atoms with Gasteiger partial charge in [-0.2, -0.15) is 0 Å². The largest absolute Gasteiger partial charge is 0.459 e. The number of rotatable bonds is 4. The molecule has 0 aromatic heterocycles. The van der Waals surface area contributed by atoms with Crippen LogP contribution in [0.4, 0.5) is 0 Å².